The number of aliphatic hydroxyl groups excluding tert-OH is 1. The lowest BCUT2D eigenvalue weighted by Crippen LogP contribution is -2.09. The monoisotopic (exact) mass is 164 g/mol. The van der Waals surface area contributed by atoms with Gasteiger partial charge in [-0.05, 0) is 24.6 Å². The molecule has 0 aliphatic carbocycles. The zero-order chi connectivity index (χ0) is 8.97. The maximum Gasteiger partial charge on any atom is 0.194 e. The van der Waals surface area contributed by atoms with Crippen molar-refractivity contribution in [2.45, 2.75) is 13.2 Å². The fraction of sp³-hybridized carbons (Fsp3) is 0.200. The van der Waals surface area contributed by atoms with Gasteiger partial charge in [0.05, 0.1) is 0 Å². The van der Waals surface area contributed by atoms with Gasteiger partial charge in [0.2, 0.25) is 0 Å². The van der Waals surface area contributed by atoms with Gasteiger partial charge in [-0.15, -0.1) is 0 Å². The third kappa shape index (κ3) is 2.40. The lowest BCUT2D eigenvalue weighted by molar-refractivity contribution is -0.000291. The Balaban J connectivity index is 2.71. The van der Waals surface area contributed by atoms with Crippen molar-refractivity contribution < 1.29 is 9.84 Å². The van der Waals surface area contributed by atoms with Crippen LogP contribution >= 0.6 is 0 Å². The second kappa shape index (κ2) is 3.93. The second-order valence-electron chi connectivity index (χ2n) is 2.49. The first kappa shape index (κ1) is 8.81. The molecule has 0 saturated carbocycles. The van der Waals surface area contributed by atoms with Gasteiger partial charge in [-0.1, -0.05) is 24.8 Å². The standard InChI is InChI=1S/C10H12O2/c1-3-9-4-6-10(7-5-9)12-8(2)11/h3-8,11H,1H2,2H3. The average Bonchev–Trinajstić information content (AvgIpc) is 2.05. The lowest BCUT2D eigenvalue weighted by atomic mass is 10.2. The molecule has 12 heavy (non-hydrogen) atoms. The maximum atomic E-state index is 8.89. The minimum absolute atomic E-state index is 0.663. The Kier molecular flexibility index (Phi) is 2.88. The Labute approximate surface area is 72.1 Å². The largest absolute Gasteiger partial charge is 0.465 e. The molecule has 0 radical (unpaired) electrons. The van der Waals surface area contributed by atoms with E-state index in [9.17, 15) is 0 Å². The van der Waals surface area contributed by atoms with Gasteiger partial charge in [-0.25, -0.2) is 0 Å². The molecule has 0 aliphatic rings. The van der Waals surface area contributed by atoms with Crippen LogP contribution in [0.1, 0.15) is 12.5 Å². The Morgan fingerprint density at radius 2 is 2.00 bits per heavy atom. The molecule has 0 fully saturated rings. The number of benzene rings is 1. The number of aliphatic hydroxyl groups is 1. The second-order valence-corrected chi connectivity index (χ2v) is 2.49. The van der Waals surface area contributed by atoms with Gasteiger partial charge in [0.15, 0.2) is 6.29 Å². The zero-order valence-electron chi connectivity index (χ0n) is 7.03. The van der Waals surface area contributed by atoms with E-state index in [4.69, 9.17) is 9.84 Å². The van der Waals surface area contributed by atoms with E-state index in [1.54, 1.807) is 25.1 Å². The summed E-state index contributed by atoms with van der Waals surface area (Å²) >= 11 is 0. The number of hydrogen-bond donors (Lipinski definition) is 1. The molecule has 2 heteroatoms. The predicted octanol–water partition coefficient (Wildman–Crippen LogP) is 2.05. The smallest absolute Gasteiger partial charge is 0.194 e. The van der Waals surface area contributed by atoms with E-state index in [1.165, 1.54) is 0 Å². The maximum absolute atomic E-state index is 8.89. The molecule has 1 rings (SSSR count). The van der Waals surface area contributed by atoms with Crippen molar-refractivity contribution in [3.05, 3.63) is 36.4 Å². The molecule has 0 aliphatic heterocycles. The third-order valence-electron chi connectivity index (χ3n) is 1.42. The van der Waals surface area contributed by atoms with E-state index >= 15 is 0 Å². The van der Waals surface area contributed by atoms with Gasteiger partial charge >= 0.3 is 0 Å². The van der Waals surface area contributed by atoms with E-state index in [-0.39, 0.29) is 0 Å². The average molecular weight is 164 g/mol. The molecule has 1 N–H and O–H groups in total. The molecule has 0 amide bonds. The summed E-state index contributed by atoms with van der Waals surface area (Å²) in [4.78, 5) is 0. The van der Waals surface area contributed by atoms with Crippen molar-refractivity contribution in [3.8, 4) is 5.75 Å². The molecular formula is C10H12O2. The van der Waals surface area contributed by atoms with Crippen molar-refractivity contribution in [2.24, 2.45) is 0 Å². The van der Waals surface area contributed by atoms with Gasteiger partial charge in [-0.3, -0.25) is 0 Å². The Morgan fingerprint density at radius 3 is 2.42 bits per heavy atom. The van der Waals surface area contributed by atoms with Crippen LogP contribution in [0, 0.1) is 0 Å². The highest BCUT2D eigenvalue weighted by Crippen LogP contribution is 2.13. The van der Waals surface area contributed by atoms with Crippen molar-refractivity contribution in [1.29, 1.82) is 0 Å². The molecular weight excluding hydrogens is 152 g/mol. The molecule has 0 bridgehead atoms. The van der Waals surface area contributed by atoms with Crippen LogP contribution in [0.25, 0.3) is 6.08 Å². The highest BCUT2D eigenvalue weighted by Gasteiger charge is 1.96. The van der Waals surface area contributed by atoms with Gasteiger partial charge in [0.1, 0.15) is 5.75 Å². The summed E-state index contributed by atoms with van der Waals surface area (Å²) in [6.45, 7) is 5.20. The predicted molar refractivity (Wildman–Crippen MR) is 48.8 cm³/mol. The minimum Gasteiger partial charge on any atom is -0.465 e. The third-order valence-corrected chi connectivity index (χ3v) is 1.42. The first-order valence-corrected chi connectivity index (χ1v) is 3.79. The molecule has 0 aromatic heterocycles. The van der Waals surface area contributed by atoms with Gasteiger partial charge in [-0.2, -0.15) is 0 Å². The molecule has 0 saturated heterocycles. The Bertz CT molecular complexity index is 249. The summed E-state index contributed by atoms with van der Waals surface area (Å²) in [5, 5.41) is 8.89. The topological polar surface area (TPSA) is 29.5 Å². The minimum atomic E-state index is -0.764. The van der Waals surface area contributed by atoms with E-state index in [0.717, 1.165) is 5.56 Å². The summed E-state index contributed by atoms with van der Waals surface area (Å²) in [6.07, 6.45) is 0.992. The quantitative estimate of drug-likeness (QED) is 0.693. The summed E-state index contributed by atoms with van der Waals surface area (Å²) < 4.78 is 5.03. The van der Waals surface area contributed by atoms with Crippen molar-refractivity contribution in [1.82, 2.24) is 0 Å². The lowest BCUT2D eigenvalue weighted by Gasteiger charge is -2.07. The van der Waals surface area contributed by atoms with Gasteiger partial charge < -0.3 is 9.84 Å². The molecule has 1 aromatic rings. The van der Waals surface area contributed by atoms with Crippen LogP contribution in [0.15, 0.2) is 30.8 Å². The van der Waals surface area contributed by atoms with Crippen molar-refractivity contribution in [3.63, 3.8) is 0 Å². The van der Waals surface area contributed by atoms with Crippen LogP contribution in [0.2, 0.25) is 0 Å². The Hall–Kier alpha value is -1.28. The van der Waals surface area contributed by atoms with Crippen LogP contribution in [-0.4, -0.2) is 11.4 Å². The van der Waals surface area contributed by atoms with Crippen LogP contribution in [0.4, 0.5) is 0 Å². The molecule has 0 heterocycles. The molecule has 2 nitrogen and oxygen atoms in total. The first-order valence-electron chi connectivity index (χ1n) is 3.79. The van der Waals surface area contributed by atoms with Crippen molar-refractivity contribution in [2.75, 3.05) is 0 Å². The summed E-state index contributed by atoms with van der Waals surface area (Å²) in [7, 11) is 0. The van der Waals surface area contributed by atoms with E-state index < -0.39 is 6.29 Å². The van der Waals surface area contributed by atoms with E-state index in [1.807, 2.05) is 12.1 Å². The molecule has 0 spiro atoms. The van der Waals surface area contributed by atoms with Crippen molar-refractivity contribution >= 4 is 6.08 Å². The summed E-state index contributed by atoms with van der Waals surface area (Å²) in [5.74, 6) is 0.663. The van der Waals surface area contributed by atoms with Crippen LogP contribution < -0.4 is 4.74 Å². The summed E-state index contributed by atoms with van der Waals surface area (Å²) in [5.41, 5.74) is 1.04. The number of rotatable bonds is 3. The fourth-order valence-electron chi connectivity index (χ4n) is 0.879. The van der Waals surface area contributed by atoms with Crippen LogP contribution in [0.3, 0.4) is 0 Å². The normalized spacial score (nSPS) is 12.2. The van der Waals surface area contributed by atoms with Gasteiger partial charge in [0, 0.05) is 0 Å². The number of hydrogen-bond acceptors (Lipinski definition) is 2. The van der Waals surface area contributed by atoms with Gasteiger partial charge in [0.25, 0.3) is 0 Å². The first-order chi connectivity index (χ1) is 5.72. The molecule has 64 valence electrons. The summed E-state index contributed by atoms with van der Waals surface area (Å²) in [6, 6.07) is 7.35. The van der Waals surface area contributed by atoms with E-state index in [2.05, 4.69) is 6.58 Å². The zero-order valence-corrected chi connectivity index (χ0v) is 7.03. The number of ether oxygens (including phenoxy) is 1. The molecule has 1 aromatic carbocycles. The Morgan fingerprint density at radius 1 is 1.42 bits per heavy atom. The highest BCUT2D eigenvalue weighted by atomic mass is 16.6. The van der Waals surface area contributed by atoms with E-state index in [0.29, 0.717) is 5.75 Å². The van der Waals surface area contributed by atoms with Crippen LogP contribution in [0.5, 0.6) is 5.75 Å². The SMILES string of the molecule is C=Cc1ccc(OC(C)O)cc1. The molecule has 1 atom stereocenters. The molecule has 1 unspecified atom stereocenters. The highest BCUT2D eigenvalue weighted by molar-refractivity contribution is 5.48. The fourth-order valence-corrected chi connectivity index (χ4v) is 0.879. The van der Waals surface area contributed by atoms with Crippen LogP contribution in [-0.2, 0) is 0 Å².